The van der Waals surface area contributed by atoms with Crippen LogP contribution in [-0.4, -0.2) is 55.4 Å². The molecule has 0 bridgehead atoms. The van der Waals surface area contributed by atoms with Crippen LogP contribution in [0.5, 0.6) is 5.75 Å². The van der Waals surface area contributed by atoms with Crippen molar-refractivity contribution in [2.24, 2.45) is 0 Å². The molecule has 1 heterocycles. The van der Waals surface area contributed by atoms with Crippen molar-refractivity contribution in [3.63, 3.8) is 0 Å². The van der Waals surface area contributed by atoms with Gasteiger partial charge in [-0.25, -0.2) is 8.78 Å². The predicted molar refractivity (Wildman–Crippen MR) is 101 cm³/mol. The standard InChI is InChI=1S/C19H21BrF2N2O2/c20-14-10-17(21)19(18(22)11-14)26-13-16(25)12-23-6-8-24(9-7-23)15-4-2-1-3-5-15/h1-5,10-11,16,25H,6-9,12-13H2/t16-/m1/s1. The Balaban J connectivity index is 1.45. The first-order valence-electron chi connectivity index (χ1n) is 8.50. The fourth-order valence-corrected chi connectivity index (χ4v) is 3.43. The van der Waals surface area contributed by atoms with Crippen LogP contribution in [-0.2, 0) is 0 Å². The molecule has 26 heavy (non-hydrogen) atoms. The average Bonchev–Trinajstić information content (AvgIpc) is 2.62. The minimum atomic E-state index is -0.819. The molecule has 0 unspecified atom stereocenters. The molecule has 1 N–H and O–H groups in total. The molecule has 1 fully saturated rings. The third kappa shape index (κ3) is 4.93. The van der Waals surface area contributed by atoms with Gasteiger partial charge in [-0.15, -0.1) is 0 Å². The summed E-state index contributed by atoms with van der Waals surface area (Å²) >= 11 is 3.02. The van der Waals surface area contributed by atoms with E-state index in [1.165, 1.54) is 5.69 Å². The second-order valence-electron chi connectivity index (χ2n) is 6.29. The second kappa shape index (κ2) is 8.79. The highest BCUT2D eigenvalue weighted by Gasteiger charge is 2.20. The first-order chi connectivity index (χ1) is 12.5. The number of benzene rings is 2. The van der Waals surface area contributed by atoms with Crippen LogP contribution in [0.25, 0.3) is 0 Å². The summed E-state index contributed by atoms with van der Waals surface area (Å²) in [5.74, 6) is -2.04. The van der Waals surface area contributed by atoms with Crippen LogP contribution in [0, 0.1) is 11.6 Å². The van der Waals surface area contributed by atoms with E-state index in [-0.39, 0.29) is 6.61 Å². The SMILES string of the molecule is O[C@@H](COc1c(F)cc(Br)cc1F)CN1CCN(c2ccccc2)CC1. The number of anilines is 1. The Bertz CT molecular complexity index is 702. The van der Waals surface area contributed by atoms with Gasteiger partial charge in [-0.3, -0.25) is 4.90 Å². The van der Waals surface area contributed by atoms with Gasteiger partial charge in [0.15, 0.2) is 17.4 Å². The number of ether oxygens (including phenoxy) is 1. The number of piperazine rings is 1. The highest BCUT2D eigenvalue weighted by atomic mass is 79.9. The lowest BCUT2D eigenvalue weighted by atomic mass is 10.2. The number of aliphatic hydroxyl groups excluding tert-OH is 1. The van der Waals surface area contributed by atoms with Crippen LogP contribution in [0.2, 0.25) is 0 Å². The van der Waals surface area contributed by atoms with Crippen molar-refractivity contribution in [1.82, 2.24) is 4.90 Å². The van der Waals surface area contributed by atoms with Crippen LogP contribution in [0.1, 0.15) is 0 Å². The number of β-amino-alcohol motifs (C(OH)–C–C–N with tert-alkyl or cyclic N) is 1. The van der Waals surface area contributed by atoms with Gasteiger partial charge in [-0.1, -0.05) is 34.1 Å². The van der Waals surface area contributed by atoms with E-state index >= 15 is 0 Å². The van der Waals surface area contributed by atoms with E-state index in [0.29, 0.717) is 11.0 Å². The maximum atomic E-state index is 13.7. The van der Waals surface area contributed by atoms with Crippen molar-refractivity contribution in [2.45, 2.75) is 6.10 Å². The number of para-hydroxylation sites is 1. The highest BCUT2D eigenvalue weighted by Crippen LogP contribution is 2.26. The Morgan fingerprint density at radius 3 is 2.27 bits per heavy atom. The normalized spacial score (nSPS) is 16.5. The molecule has 3 rings (SSSR count). The third-order valence-corrected chi connectivity index (χ3v) is 4.80. The zero-order valence-electron chi connectivity index (χ0n) is 14.2. The van der Waals surface area contributed by atoms with E-state index in [4.69, 9.17) is 4.74 Å². The average molecular weight is 427 g/mol. The Morgan fingerprint density at radius 1 is 1.04 bits per heavy atom. The molecule has 0 aliphatic carbocycles. The number of hydrogen-bond donors (Lipinski definition) is 1. The topological polar surface area (TPSA) is 35.9 Å². The summed E-state index contributed by atoms with van der Waals surface area (Å²) in [6.07, 6.45) is -0.819. The molecule has 0 aromatic heterocycles. The molecule has 1 atom stereocenters. The zero-order valence-corrected chi connectivity index (χ0v) is 15.8. The molecular weight excluding hydrogens is 406 g/mol. The van der Waals surface area contributed by atoms with Crippen molar-refractivity contribution in [2.75, 3.05) is 44.2 Å². The fraction of sp³-hybridized carbons (Fsp3) is 0.368. The molecule has 2 aromatic carbocycles. The summed E-state index contributed by atoms with van der Waals surface area (Å²) < 4.78 is 32.9. The van der Waals surface area contributed by atoms with E-state index in [1.807, 2.05) is 18.2 Å². The Morgan fingerprint density at radius 2 is 1.65 bits per heavy atom. The summed E-state index contributed by atoms with van der Waals surface area (Å²) in [5, 5.41) is 10.1. The number of halogens is 3. The Labute approximate surface area is 160 Å². The molecule has 4 nitrogen and oxygen atoms in total. The summed E-state index contributed by atoms with van der Waals surface area (Å²) in [4.78, 5) is 4.42. The van der Waals surface area contributed by atoms with E-state index < -0.39 is 23.5 Å². The monoisotopic (exact) mass is 426 g/mol. The van der Waals surface area contributed by atoms with Gasteiger partial charge < -0.3 is 14.7 Å². The lowest BCUT2D eigenvalue weighted by Crippen LogP contribution is -2.49. The van der Waals surface area contributed by atoms with Crippen LogP contribution >= 0.6 is 15.9 Å². The van der Waals surface area contributed by atoms with Crippen molar-refractivity contribution in [1.29, 1.82) is 0 Å². The maximum absolute atomic E-state index is 13.7. The van der Waals surface area contributed by atoms with Gasteiger partial charge in [0, 0.05) is 42.9 Å². The van der Waals surface area contributed by atoms with Crippen molar-refractivity contribution in [3.8, 4) is 5.75 Å². The maximum Gasteiger partial charge on any atom is 0.190 e. The first-order valence-corrected chi connectivity index (χ1v) is 9.30. The van der Waals surface area contributed by atoms with Crippen LogP contribution in [0.3, 0.4) is 0 Å². The predicted octanol–water partition coefficient (Wildman–Crippen LogP) is 3.29. The molecule has 1 saturated heterocycles. The molecule has 0 radical (unpaired) electrons. The van der Waals surface area contributed by atoms with Gasteiger partial charge in [0.1, 0.15) is 12.7 Å². The summed E-state index contributed by atoms with van der Waals surface area (Å²) in [6, 6.07) is 12.5. The summed E-state index contributed by atoms with van der Waals surface area (Å²) in [5.41, 5.74) is 1.19. The molecule has 0 spiro atoms. The lowest BCUT2D eigenvalue weighted by molar-refractivity contribution is 0.0634. The molecule has 140 valence electrons. The molecule has 7 heteroatoms. The molecule has 0 amide bonds. The molecule has 1 aliphatic rings. The van der Waals surface area contributed by atoms with E-state index in [1.54, 1.807) is 0 Å². The number of rotatable bonds is 6. The Hall–Kier alpha value is -1.70. The van der Waals surface area contributed by atoms with Gasteiger partial charge in [0.2, 0.25) is 0 Å². The van der Waals surface area contributed by atoms with Crippen LogP contribution in [0.15, 0.2) is 46.9 Å². The first kappa shape index (κ1) is 19.1. The minimum absolute atomic E-state index is 0.158. The van der Waals surface area contributed by atoms with Crippen LogP contribution < -0.4 is 9.64 Å². The van der Waals surface area contributed by atoms with Crippen molar-refractivity contribution < 1.29 is 18.6 Å². The summed E-state index contributed by atoms with van der Waals surface area (Å²) in [6.45, 7) is 3.61. The fourth-order valence-electron chi connectivity index (χ4n) is 3.02. The van der Waals surface area contributed by atoms with Gasteiger partial charge in [0.05, 0.1) is 0 Å². The second-order valence-corrected chi connectivity index (χ2v) is 7.20. The quantitative estimate of drug-likeness (QED) is 0.768. The van der Waals surface area contributed by atoms with Crippen LogP contribution in [0.4, 0.5) is 14.5 Å². The highest BCUT2D eigenvalue weighted by molar-refractivity contribution is 9.10. The van der Waals surface area contributed by atoms with Gasteiger partial charge in [-0.2, -0.15) is 0 Å². The Kier molecular flexibility index (Phi) is 6.45. The zero-order chi connectivity index (χ0) is 18.5. The summed E-state index contributed by atoms with van der Waals surface area (Å²) in [7, 11) is 0. The van der Waals surface area contributed by atoms with Gasteiger partial charge in [-0.05, 0) is 24.3 Å². The van der Waals surface area contributed by atoms with Gasteiger partial charge in [0.25, 0.3) is 0 Å². The molecule has 0 saturated carbocycles. The largest absolute Gasteiger partial charge is 0.485 e. The van der Waals surface area contributed by atoms with E-state index in [0.717, 1.165) is 38.3 Å². The van der Waals surface area contributed by atoms with Crippen molar-refractivity contribution in [3.05, 3.63) is 58.6 Å². The molecule has 2 aromatic rings. The van der Waals surface area contributed by atoms with Gasteiger partial charge >= 0.3 is 0 Å². The van der Waals surface area contributed by atoms with Crippen molar-refractivity contribution >= 4 is 21.6 Å². The minimum Gasteiger partial charge on any atom is -0.485 e. The lowest BCUT2D eigenvalue weighted by Gasteiger charge is -2.36. The number of aliphatic hydroxyl groups is 1. The van der Waals surface area contributed by atoms with E-state index in [2.05, 4.69) is 37.9 Å². The number of nitrogens with zero attached hydrogens (tertiary/aromatic N) is 2. The third-order valence-electron chi connectivity index (χ3n) is 4.35. The molecule has 1 aliphatic heterocycles. The molecular formula is C19H21BrF2N2O2. The van der Waals surface area contributed by atoms with E-state index in [9.17, 15) is 13.9 Å². The smallest absolute Gasteiger partial charge is 0.190 e. The number of hydrogen-bond acceptors (Lipinski definition) is 4.